The van der Waals surface area contributed by atoms with Crippen molar-refractivity contribution in [2.45, 2.75) is 161 Å². The molecule has 0 aromatic heterocycles. The topological polar surface area (TPSA) is 105 Å². The Bertz CT molecular complexity index is 944. The van der Waals surface area contributed by atoms with Crippen molar-refractivity contribution in [2.75, 3.05) is 40.9 Å². The van der Waals surface area contributed by atoms with Crippen LogP contribution in [0.25, 0.3) is 0 Å². The lowest BCUT2D eigenvalue weighted by Gasteiger charge is -2.25. The minimum atomic E-state index is -4.34. The molecule has 0 bridgehead atoms. The predicted octanol–water partition coefficient (Wildman–Crippen LogP) is 10.1. The summed E-state index contributed by atoms with van der Waals surface area (Å²) in [4.78, 5) is 23.0. The van der Waals surface area contributed by atoms with E-state index in [0.29, 0.717) is 17.4 Å². The lowest BCUT2D eigenvalue weighted by Crippen LogP contribution is -2.45. The highest BCUT2D eigenvalue weighted by Crippen LogP contribution is 2.43. The van der Waals surface area contributed by atoms with Gasteiger partial charge >= 0.3 is 7.82 Å². The molecule has 286 valence electrons. The second-order valence-corrected chi connectivity index (χ2v) is 15.7. The summed E-state index contributed by atoms with van der Waals surface area (Å²) in [5, 5.41) is 13.7. The van der Waals surface area contributed by atoms with Crippen molar-refractivity contribution in [2.24, 2.45) is 0 Å². The number of amides is 1. The molecule has 0 fully saturated rings. The Morgan fingerprint density at radius 1 is 0.694 bits per heavy atom. The monoisotopic (exact) mass is 712 g/mol. The molecular formula is C40H76N2O6P+. The van der Waals surface area contributed by atoms with Gasteiger partial charge in [0.2, 0.25) is 5.91 Å². The molecule has 3 atom stereocenters. The summed E-state index contributed by atoms with van der Waals surface area (Å²) in [6.45, 7) is 4.62. The highest BCUT2D eigenvalue weighted by Gasteiger charge is 2.27. The minimum absolute atomic E-state index is 0.0511. The van der Waals surface area contributed by atoms with E-state index in [1.807, 2.05) is 27.2 Å². The van der Waals surface area contributed by atoms with E-state index in [9.17, 15) is 19.4 Å². The molecule has 0 aromatic rings. The summed E-state index contributed by atoms with van der Waals surface area (Å²) >= 11 is 0. The fraction of sp³-hybridized carbons (Fsp3) is 0.775. The standard InChI is InChI=1S/C40H75N2O6P/c1-6-8-10-12-14-16-18-19-20-21-22-23-24-26-28-30-32-34-40(44)41-38(37-48-49(45,46)47-36-35-42(3,4)5)39(43)33-31-29-27-25-17-15-13-11-9-7-2/h9,11,17,19-20,25,31,33,38-39,43H,6-8,10,12-16,18,21-24,26-30,32,34-37H2,1-5H3,(H-,41,44,45,46)/p+1/b11-9+,20-19-,25-17+,33-31+. The van der Waals surface area contributed by atoms with Gasteiger partial charge in [-0.25, -0.2) is 4.57 Å². The first kappa shape index (κ1) is 47.5. The zero-order valence-electron chi connectivity index (χ0n) is 32.2. The van der Waals surface area contributed by atoms with Crippen LogP contribution in [0.3, 0.4) is 0 Å². The van der Waals surface area contributed by atoms with Crippen molar-refractivity contribution in [1.82, 2.24) is 5.32 Å². The first-order chi connectivity index (χ1) is 23.5. The quantitative estimate of drug-likeness (QED) is 0.0266. The van der Waals surface area contributed by atoms with Crippen molar-refractivity contribution in [3.63, 3.8) is 0 Å². The van der Waals surface area contributed by atoms with E-state index in [1.165, 1.54) is 77.0 Å². The highest BCUT2D eigenvalue weighted by molar-refractivity contribution is 7.47. The maximum Gasteiger partial charge on any atom is 0.472 e. The highest BCUT2D eigenvalue weighted by atomic mass is 31.2. The average molecular weight is 712 g/mol. The van der Waals surface area contributed by atoms with Crippen LogP contribution in [-0.4, -0.2) is 73.4 Å². The third-order valence-electron chi connectivity index (χ3n) is 8.26. The van der Waals surface area contributed by atoms with E-state index in [-0.39, 0.29) is 19.1 Å². The van der Waals surface area contributed by atoms with Gasteiger partial charge in [-0.1, -0.05) is 127 Å². The number of aliphatic hydroxyl groups is 1. The number of aliphatic hydroxyl groups excluding tert-OH is 1. The largest absolute Gasteiger partial charge is 0.472 e. The second-order valence-electron chi connectivity index (χ2n) is 14.3. The molecule has 0 aliphatic heterocycles. The summed E-state index contributed by atoms with van der Waals surface area (Å²) in [6, 6.07) is -0.869. The summed E-state index contributed by atoms with van der Waals surface area (Å²) < 4.78 is 23.4. The molecule has 8 nitrogen and oxygen atoms in total. The zero-order valence-corrected chi connectivity index (χ0v) is 33.1. The van der Waals surface area contributed by atoms with E-state index in [1.54, 1.807) is 6.08 Å². The Morgan fingerprint density at radius 3 is 1.73 bits per heavy atom. The van der Waals surface area contributed by atoms with Gasteiger partial charge < -0.3 is 19.8 Å². The van der Waals surface area contributed by atoms with Crippen LogP contribution in [0.1, 0.15) is 149 Å². The van der Waals surface area contributed by atoms with Crippen molar-refractivity contribution in [1.29, 1.82) is 0 Å². The number of hydrogen-bond acceptors (Lipinski definition) is 5. The zero-order chi connectivity index (χ0) is 36.5. The number of likely N-dealkylation sites (N-methyl/N-ethyl adjacent to an activating group) is 1. The lowest BCUT2D eigenvalue weighted by molar-refractivity contribution is -0.870. The Balaban J connectivity index is 4.49. The Kier molecular flexibility index (Phi) is 31.4. The second kappa shape index (κ2) is 32.4. The van der Waals surface area contributed by atoms with Crippen LogP contribution >= 0.6 is 7.82 Å². The van der Waals surface area contributed by atoms with E-state index in [2.05, 4.69) is 55.6 Å². The van der Waals surface area contributed by atoms with Crippen LogP contribution in [-0.2, 0) is 18.4 Å². The number of nitrogens with zero attached hydrogens (tertiary/aromatic N) is 1. The van der Waals surface area contributed by atoms with Gasteiger partial charge in [-0.2, -0.15) is 0 Å². The van der Waals surface area contributed by atoms with E-state index >= 15 is 0 Å². The summed E-state index contributed by atoms with van der Waals surface area (Å²) in [6.07, 6.45) is 39.0. The first-order valence-corrected chi connectivity index (χ1v) is 21.0. The summed E-state index contributed by atoms with van der Waals surface area (Å²) in [5.41, 5.74) is 0. The van der Waals surface area contributed by atoms with Gasteiger partial charge in [0.25, 0.3) is 0 Å². The molecule has 0 aromatic carbocycles. The van der Waals surface area contributed by atoms with Gasteiger partial charge in [0.1, 0.15) is 13.2 Å². The first-order valence-electron chi connectivity index (χ1n) is 19.5. The van der Waals surface area contributed by atoms with Gasteiger partial charge in [0.05, 0.1) is 39.9 Å². The molecule has 0 aliphatic carbocycles. The van der Waals surface area contributed by atoms with E-state index < -0.39 is 20.0 Å². The Morgan fingerprint density at radius 2 is 1.18 bits per heavy atom. The number of hydrogen-bond donors (Lipinski definition) is 3. The maximum atomic E-state index is 12.8. The fourth-order valence-electron chi connectivity index (χ4n) is 5.13. The number of rotatable bonds is 34. The molecule has 0 aliphatic rings. The Hall–Kier alpha value is -1.54. The number of phosphoric acid groups is 1. The molecule has 0 heterocycles. The number of nitrogens with one attached hydrogen (secondary N) is 1. The van der Waals surface area contributed by atoms with Crippen LogP contribution in [0, 0.1) is 0 Å². The molecule has 0 saturated carbocycles. The van der Waals surface area contributed by atoms with Crippen molar-refractivity contribution >= 4 is 13.7 Å². The average Bonchev–Trinajstić information content (AvgIpc) is 3.04. The summed E-state index contributed by atoms with van der Waals surface area (Å²) in [7, 11) is 1.53. The molecule has 0 rings (SSSR count). The van der Waals surface area contributed by atoms with E-state index in [0.717, 1.165) is 51.4 Å². The molecular weight excluding hydrogens is 635 g/mol. The van der Waals surface area contributed by atoms with Crippen molar-refractivity contribution in [3.05, 3.63) is 48.6 Å². The van der Waals surface area contributed by atoms with Crippen LogP contribution in [0.4, 0.5) is 0 Å². The minimum Gasteiger partial charge on any atom is -0.387 e. The third-order valence-corrected chi connectivity index (χ3v) is 9.24. The van der Waals surface area contributed by atoms with Crippen molar-refractivity contribution < 1.29 is 32.9 Å². The lowest BCUT2D eigenvalue weighted by atomic mass is 10.1. The SMILES string of the molecule is CC/C=C/CC/C=C/CC/C=C/C(O)C(COP(=O)(O)OCC[N+](C)(C)C)NC(=O)CCCCCCCCC/C=C\CCCCCCCC. The van der Waals surface area contributed by atoms with Crippen molar-refractivity contribution in [3.8, 4) is 0 Å². The van der Waals surface area contributed by atoms with Crippen LogP contribution in [0.2, 0.25) is 0 Å². The molecule has 0 radical (unpaired) electrons. The number of allylic oxidation sites excluding steroid dienone is 7. The normalized spacial score (nSPS) is 15.2. The van der Waals surface area contributed by atoms with Crippen LogP contribution < -0.4 is 5.32 Å². The van der Waals surface area contributed by atoms with Gasteiger partial charge in [0, 0.05) is 6.42 Å². The molecule has 9 heteroatoms. The third kappa shape index (κ3) is 34.7. The molecule has 0 spiro atoms. The van der Waals surface area contributed by atoms with Gasteiger partial charge in [-0.05, 0) is 64.2 Å². The van der Waals surface area contributed by atoms with Gasteiger partial charge in [0.15, 0.2) is 0 Å². The van der Waals surface area contributed by atoms with E-state index in [4.69, 9.17) is 9.05 Å². The maximum absolute atomic E-state index is 12.8. The smallest absolute Gasteiger partial charge is 0.387 e. The van der Waals surface area contributed by atoms with Crippen LogP contribution in [0.5, 0.6) is 0 Å². The van der Waals surface area contributed by atoms with Gasteiger partial charge in [-0.3, -0.25) is 13.8 Å². The predicted molar refractivity (Wildman–Crippen MR) is 207 cm³/mol. The number of carbonyl (C=O) groups excluding carboxylic acids is 1. The molecule has 3 N–H and O–H groups in total. The number of unbranched alkanes of at least 4 members (excludes halogenated alkanes) is 15. The number of carbonyl (C=O) groups is 1. The molecule has 3 unspecified atom stereocenters. The number of phosphoric ester groups is 1. The molecule has 0 saturated heterocycles. The Labute approximate surface area is 301 Å². The van der Waals surface area contributed by atoms with Crippen LogP contribution in [0.15, 0.2) is 48.6 Å². The molecule has 1 amide bonds. The fourth-order valence-corrected chi connectivity index (χ4v) is 5.87. The summed E-state index contributed by atoms with van der Waals surface area (Å²) in [5.74, 6) is -0.201. The molecule has 49 heavy (non-hydrogen) atoms. The number of quaternary nitrogens is 1. The van der Waals surface area contributed by atoms with Gasteiger partial charge in [-0.15, -0.1) is 0 Å².